The molecule has 2 aromatic carbocycles. The number of amides is 1. The maximum Gasteiger partial charge on any atom is 0.266 e. The van der Waals surface area contributed by atoms with Crippen molar-refractivity contribution < 1.29 is 17.6 Å². The molecule has 0 saturated heterocycles. The zero-order chi connectivity index (χ0) is 17.9. The molecule has 0 saturated carbocycles. The first kappa shape index (κ1) is 18.7. The number of rotatable bonds is 4. The number of carbonyl (C=O) groups is 1. The Bertz CT molecular complexity index is 930. The van der Waals surface area contributed by atoms with Crippen molar-refractivity contribution in [2.75, 3.05) is 0 Å². The van der Waals surface area contributed by atoms with Crippen LogP contribution in [0.1, 0.15) is 15.9 Å². The molecule has 4 nitrogen and oxygen atoms in total. The molecule has 0 bridgehead atoms. The summed E-state index contributed by atoms with van der Waals surface area (Å²) in [6.45, 7) is 0. The molecular weight excluding hydrogens is 400 g/mol. The molecule has 126 valence electrons. The zero-order valence-corrected chi connectivity index (χ0v) is 14.8. The minimum atomic E-state index is -4.09. The molecule has 0 aromatic heterocycles. The molecule has 0 aliphatic carbocycles. The standard InChI is InChI=1S/C15H9Cl3FNO3S/c16-12-4-1-9(7-14(12)18)5-6-24(22,23)20-15(21)11-3-2-10(19)8-13(11)17/h1-8H,(H,20,21)/b6-5+. The van der Waals surface area contributed by atoms with Gasteiger partial charge in [-0.05, 0) is 42.0 Å². The number of carbonyl (C=O) groups excluding carboxylic acids is 1. The average molecular weight is 409 g/mol. The number of nitrogens with one attached hydrogen (secondary N) is 1. The third kappa shape index (κ3) is 4.95. The number of halogens is 4. The van der Waals surface area contributed by atoms with Gasteiger partial charge < -0.3 is 0 Å². The Morgan fingerprint density at radius 1 is 1.00 bits per heavy atom. The van der Waals surface area contributed by atoms with E-state index in [2.05, 4.69) is 0 Å². The van der Waals surface area contributed by atoms with Crippen LogP contribution in [-0.4, -0.2) is 14.3 Å². The first-order valence-electron chi connectivity index (χ1n) is 6.33. The van der Waals surface area contributed by atoms with E-state index in [1.54, 1.807) is 6.07 Å². The maximum absolute atomic E-state index is 13.0. The molecule has 0 aliphatic rings. The minimum absolute atomic E-state index is 0.162. The van der Waals surface area contributed by atoms with E-state index in [0.717, 1.165) is 23.6 Å². The second-order valence-corrected chi connectivity index (χ2v) is 7.36. The highest BCUT2D eigenvalue weighted by atomic mass is 35.5. The fourth-order valence-electron chi connectivity index (χ4n) is 1.68. The van der Waals surface area contributed by atoms with Crippen LogP contribution in [0, 0.1) is 5.82 Å². The highest BCUT2D eigenvalue weighted by Crippen LogP contribution is 2.23. The Morgan fingerprint density at radius 2 is 1.71 bits per heavy atom. The lowest BCUT2D eigenvalue weighted by atomic mass is 10.2. The molecule has 0 spiro atoms. The Hall–Kier alpha value is -1.60. The normalized spacial score (nSPS) is 11.7. The summed E-state index contributed by atoms with van der Waals surface area (Å²) in [6, 6.07) is 7.53. The first-order chi connectivity index (χ1) is 11.2. The van der Waals surface area contributed by atoms with Gasteiger partial charge in [0.1, 0.15) is 5.82 Å². The van der Waals surface area contributed by atoms with Crippen LogP contribution in [0.2, 0.25) is 15.1 Å². The molecule has 24 heavy (non-hydrogen) atoms. The van der Waals surface area contributed by atoms with Crippen LogP contribution in [0.4, 0.5) is 4.39 Å². The van der Waals surface area contributed by atoms with Gasteiger partial charge in [0.15, 0.2) is 0 Å². The predicted octanol–water partition coefficient (Wildman–Crippen LogP) is 4.52. The SMILES string of the molecule is O=C(NS(=O)(=O)/C=C/c1ccc(Cl)c(Cl)c1)c1ccc(F)cc1Cl. The van der Waals surface area contributed by atoms with Crippen LogP contribution in [-0.2, 0) is 10.0 Å². The van der Waals surface area contributed by atoms with E-state index < -0.39 is 21.7 Å². The number of hydrogen-bond acceptors (Lipinski definition) is 3. The van der Waals surface area contributed by atoms with Crippen LogP contribution in [0.15, 0.2) is 41.8 Å². The summed E-state index contributed by atoms with van der Waals surface area (Å²) in [5.74, 6) is -1.61. The predicted molar refractivity (Wildman–Crippen MR) is 93.3 cm³/mol. The molecule has 0 aliphatic heterocycles. The van der Waals surface area contributed by atoms with Gasteiger partial charge in [0.05, 0.1) is 26.0 Å². The molecule has 0 fully saturated rings. The monoisotopic (exact) mass is 407 g/mol. The molecule has 1 amide bonds. The summed E-state index contributed by atoms with van der Waals surface area (Å²) in [5, 5.41) is 1.19. The van der Waals surface area contributed by atoms with Gasteiger partial charge in [-0.1, -0.05) is 40.9 Å². The summed E-state index contributed by atoms with van der Waals surface area (Å²) in [6.07, 6.45) is 1.24. The molecular formula is C15H9Cl3FNO3S. The van der Waals surface area contributed by atoms with E-state index in [1.165, 1.54) is 18.2 Å². The average Bonchev–Trinajstić information content (AvgIpc) is 2.48. The highest BCUT2D eigenvalue weighted by Gasteiger charge is 2.16. The topological polar surface area (TPSA) is 63.2 Å². The van der Waals surface area contributed by atoms with E-state index >= 15 is 0 Å². The van der Waals surface area contributed by atoms with Crippen molar-refractivity contribution in [3.8, 4) is 0 Å². The fraction of sp³-hybridized carbons (Fsp3) is 0. The van der Waals surface area contributed by atoms with Crippen LogP contribution in [0.25, 0.3) is 6.08 Å². The molecule has 2 aromatic rings. The smallest absolute Gasteiger partial charge is 0.266 e. The highest BCUT2D eigenvalue weighted by molar-refractivity contribution is 7.93. The minimum Gasteiger partial charge on any atom is -0.268 e. The molecule has 0 radical (unpaired) electrons. The molecule has 0 heterocycles. The lowest BCUT2D eigenvalue weighted by Crippen LogP contribution is -2.29. The fourth-order valence-corrected chi connectivity index (χ4v) is 3.01. The third-order valence-corrected chi connectivity index (χ3v) is 4.81. The number of benzene rings is 2. The summed E-state index contributed by atoms with van der Waals surface area (Å²) >= 11 is 17.3. The molecule has 0 unspecified atom stereocenters. The van der Waals surface area contributed by atoms with E-state index in [0.29, 0.717) is 10.6 Å². The van der Waals surface area contributed by atoms with Gasteiger partial charge in [0.25, 0.3) is 15.9 Å². The van der Waals surface area contributed by atoms with Gasteiger partial charge in [-0.3, -0.25) is 4.79 Å². The van der Waals surface area contributed by atoms with Crippen molar-refractivity contribution in [3.05, 3.63) is 73.8 Å². The van der Waals surface area contributed by atoms with E-state index in [-0.39, 0.29) is 15.6 Å². The first-order valence-corrected chi connectivity index (χ1v) is 9.01. The second-order valence-electron chi connectivity index (χ2n) is 4.58. The van der Waals surface area contributed by atoms with Crippen molar-refractivity contribution in [3.63, 3.8) is 0 Å². The van der Waals surface area contributed by atoms with Crippen LogP contribution >= 0.6 is 34.8 Å². The van der Waals surface area contributed by atoms with Crippen molar-refractivity contribution in [1.82, 2.24) is 4.72 Å². The Kier molecular flexibility index (Phi) is 5.87. The Labute approximate surface area is 152 Å². The summed E-state index contributed by atoms with van der Waals surface area (Å²) in [4.78, 5) is 11.9. The van der Waals surface area contributed by atoms with Crippen LogP contribution < -0.4 is 4.72 Å². The van der Waals surface area contributed by atoms with E-state index in [1.807, 2.05) is 4.72 Å². The molecule has 9 heteroatoms. The van der Waals surface area contributed by atoms with Gasteiger partial charge in [-0.15, -0.1) is 0 Å². The molecule has 2 rings (SSSR count). The van der Waals surface area contributed by atoms with Gasteiger partial charge in [0.2, 0.25) is 0 Å². The van der Waals surface area contributed by atoms with E-state index in [4.69, 9.17) is 34.8 Å². The van der Waals surface area contributed by atoms with Gasteiger partial charge in [-0.25, -0.2) is 17.5 Å². The molecule has 0 atom stereocenters. The lowest BCUT2D eigenvalue weighted by molar-refractivity contribution is 0.0982. The zero-order valence-electron chi connectivity index (χ0n) is 11.8. The Morgan fingerprint density at radius 3 is 2.33 bits per heavy atom. The van der Waals surface area contributed by atoms with Crippen molar-refractivity contribution >= 4 is 56.8 Å². The van der Waals surface area contributed by atoms with Crippen LogP contribution in [0.3, 0.4) is 0 Å². The van der Waals surface area contributed by atoms with Crippen molar-refractivity contribution in [2.24, 2.45) is 0 Å². The van der Waals surface area contributed by atoms with Crippen LogP contribution in [0.5, 0.6) is 0 Å². The largest absolute Gasteiger partial charge is 0.268 e. The summed E-state index contributed by atoms with van der Waals surface area (Å²) in [5.41, 5.74) is 0.312. The number of sulfonamides is 1. The quantitative estimate of drug-likeness (QED) is 0.809. The number of hydrogen-bond donors (Lipinski definition) is 1. The Balaban J connectivity index is 2.16. The summed E-state index contributed by atoms with van der Waals surface area (Å²) in [7, 11) is -4.09. The van der Waals surface area contributed by atoms with Gasteiger partial charge in [0, 0.05) is 0 Å². The van der Waals surface area contributed by atoms with Gasteiger partial charge in [-0.2, -0.15) is 0 Å². The lowest BCUT2D eigenvalue weighted by Gasteiger charge is -2.05. The van der Waals surface area contributed by atoms with Crippen molar-refractivity contribution in [2.45, 2.75) is 0 Å². The third-order valence-electron chi connectivity index (χ3n) is 2.79. The maximum atomic E-state index is 13.0. The summed E-state index contributed by atoms with van der Waals surface area (Å²) < 4.78 is 38.6. The molecule has 1 N–H and O–H groups in total. The van der Waals surface area contributed by atoms with Gasteiger partial charge >= 0.3 is 0 Å². The second kappa shape index (κ2) is 7.53. The van der Waals surface area contributed by atoms with E-state index in [9.17, 15) is 17.6 Å². The van der Waals surface area contributed by atoms with Crippen molar-refractivity contribution in [1.29, 1.82) is 0 Å².